The number of nitrogen functional groups attached to an aromatic ring is 1. The molecule has 0 fully saturated rings. The number of benzene rings is 2. The minimum absolute atomic E-state index is 0.436. The number of ether oxygens (including phenoxy) is 1. The van der Waals surface area contributed by atoms with Gasteiger partial charge in [0.05, 0.1) is 41.1 Å². The quantitative estimate of drug-likeness (QED) is 0.301. The first-order valence-electron chi connectivity index (χ1n) is 12.6. The molecule has 0 spiro atoms. The average molecular weight is 520 g/mol. The fraction of sp³-hybridized carbons (Fsp3) is 0.357. The van der Waals surface area contributed by atoms with Crippen LogP contribution >= 0.6 is 11.6 Å². The second kappa shape index (κ2) is 10.5. The topological polar surface area (TPSA) is 84.5 Å². The third-order valence-electron chi connectivity index (χ3n) is 6.99. The van der Waals surface area contributed by atoms with Gasteiger partial charge < -0.3 is 30.2 Å². The second-order valence-electron chi connectivity index (χ2n) is 9.80. The van der Waals surface area contributed by atoms with Crippen LogP contribution in [0.15, 0.2) is 42.6 Å². The van der Waals surface area contributed by atoms with Crippen LogP contribution < -0.4 is 20.7 Å². The Bertz CT molecular complexity index is 1430. The molecule has 37 heavy (non-hydrogen) atoms. The number of aromatic nitrogens is 3. The number of anilines is 4. The Balaban J connectivity index is 1.52. The molecule has 4 aromatic rings. The fourth-order valence-corrected chi connectivity index (χ4v) is 5.26. The first-order chi connectivity index (χ1) is 17.9. The van der Waals surface area contributed by atoms with Crippen LogP contribution in [-0.2, 0) is 13.0 Å². The highest BCUT2D eigenvalue weighted by Gasteiger charge is 2.24. The zero-order valence-corrected chi connectivity index (χ0v) is 22.6. The van der Waals surface area contributed by atoms with Gasteiger partial charge in [0, 0.05) is 54.9 Å². The third-order valence-corrected chi connectivity index (χ3v) is 7.27. The molecule has 5 rings (SSSR count). The summed E-state index contributed by atoms with van der Waals surface area (Å²) in [5.41, 5.74) is 13.0. The van der Waals surface area contributed by atoms with Crippen molar-refractivity contribution in [2.24, 2.45) is 0 Å². The summed E-state index contributed by atoms with van der Waals surface area (Å²) < 4.78 is 8.12. The number of methoxy groups -OCH3 is 1. The SMILES string of the molecule is COc1cc(N(C)CCN(C)C)c(N)cc1Nc1ncc(Cl)c(-c2c3n(c4ccccc24)CCCC3)n1. The van der Waals surface area contributed by atoms with Crippen molar-refractivity contribution in [3.8, 4) is 17.0 Å². The smallest absolute Gasteiger partial charge is 0.227 e. The van der Waals surface area contributed by atoms with Crippen LogP contribution in [0, 0.1) is 0 Å². The van der Waals surface area contributed by atoms with Gasteiger partial charge in [-0.3, -0.25) is 0 Å². The number of hydrogen-bond acceptors (Lipinski definition) is 7. The van der Waals surface area contributed by atoms with E-state index >= 15 is 0 Å². The molecule has 1 aliphatic rings. The number of likely N-dealkylation sites (N-methyl/N-ethyl adjacent to an activating group) is 2. The van der Waals surface area contributed by atoms with Crippen LogP contribution in [0.25, 0.3) is 22.2 Å². The summed E-state index contributed by atoms with van der Waals surface area (Å²) in [6.45, 7) is 2.76. The van der Waals surface area contributed by atoms with Gasteiger partial charge in [0.15, 0.2) is 0 Å². The van der Waals surface area contributed by atoms with Crippen molar-refractivity contribution in [3.63, 3.8) is 0 Å². The Hall–Kier alpha value is -3.49. The van der Waals surface area contributed by atoms with Gasteiger partial charge in [-0.2, -0.15) is 0 Å². The molecule has 0 unspecified atom stereocenters. The molecule has 0 amide bonds. The molecule has 0 bridgehead atoms. The first-order valence-corrected chi connectivity index (χ1v) is 13.0. The average Bonchev–Trinajstić information content (AvgIpc) is 3.23. The highest BCUT2D eigenvalue weighted by Crippen LogP contribution is 2.41. The van der Waals surface area contributed by atoms with Gasteiger partial charge in [0.1, 0.15) is 5.75 Å². The number of para-hydroxylation sites is 1. The normalized spacial score (nSPS) is 13.1. The van der Waals surface area contributed by atoms with E-state index in [1.807, 2.05) is 19.2 Å². The maximum atomic E-state index is 6.71. The van der Waals surface area contributed by atoms with Crippen LogP contribution in [0.2, 0.25) is 5.02 Å². The Labute approximate surface area is 223 Å². The van der Waals surface area contributed by atoms with E-state index in [0.717, 1.165) is 54.8 Å². The molecule has 0 atom stereocenters. The molecular formula is C28H34ClN7O. The molecule has 8 nitrogen and oxygen atoms in total. The van der Waals surface area contributed by atoms with Crippen molar-refractivity contribution in [1.29, 1.82) is 0 Å². The number of nitrogens with zero attached hydrogens (tertiary/aromatic N) is 5. The lowest BCUT2D eigenvalue weighted by Gasteiger charge is -2.24. The maximum Gasteiger partial charge on any atom is 0.227 e. The number of rotatable bonds is 8. The predicted molar refractivity (Wildman–Crippen MR) is 153 cm³/mol. The fourth-order valence-electron chi connectivity index (χ4n) is 5.07. The van der Waals surface area contributed by atoms with Crippen LogP contribution in [-0.4, -0.2) is 60.8 Å². The van der Waals surface area contributed by atoms with Crippen molar-refractivity contribution in [2.45, 2.75) is 25.8 Å². The highest BCUT2D eigenvalue weighted by molar-refractivity contribution is 6.33. The van der Waals surface area contributed by atoms with E-state index in [9.17, 15) is 0 Å². The number of aryl methyl sites for hydroxylation is 1. The largest absolute Gasteiger partial charge is 0.494 e. The first kappa shape index (κ1) is 25.2. The summed E-state index contributed by atoms with van der Waals surface area (Å²) in [5.74, 6) is 1.10. The monoisotopic (exact) mass is 519 g/mol. The Morgan fingerprint density at radius 1 is 1.14 bits per heavy atom. The minimum atomic E-state index is 0.436. The number of fused-ring (bicyclic) bond motifs is 3. The van der Waals surface area contributed by atoms with Gasteiger partial charge in [0.25, 0.3) is 0 Å². The van der Waals surface area contributed by atoms with Gasteiger partial charge in [-0.05, 0) is 45.5 Å². The van der Waals surface area contributed by atoms with Gasteiger partial charge in [0.2, 0.25) is 5.95 Å². The van der Waals surface area contributed by atoms with E-state index in [2.05, 4.69) is 63.0 Å². The second-order valence-corrected chi connectivity index (χ2v) is 10.2. The van der Waals surface area contributed by atoms with Crippen molar-refractivity contribution < 1.29 is 4.74 Å². The van der Waals surface area contributed by atoms with Gasteiger partial charge >= 0.3 is 0 Å². The van der Waals surface area contributed by atoms with E-state index in [1.54, 1.807) is 13.3 Å². The maximum absolute atomic E-state index is 6.71. The van der Waals surface area contributed by atoms with Crippen molar-refractivity contribution in [1.82, 2.24) is 19.4 Å². The number of halogens is 1. The number of hydrogen-bond donors (Lipinski definition) is 2. The van der Waals surface area contributed by atoms with Gasteiger partial charge in [-0.25, -0.2) is 9.97 Å². The van der Waals surface area contributed by atoms with Gasteiger partial charge in [-0.15, -0.1) is 0 Å². The summed E-state index contributed by atoms with van der Waals surface area (Å²) >= 11 is 6.71. The van der Waals surface area contributed by atoms with Crippen LogP contribution in [0.3, 0.4) is 0 Å². The molecule has 194 valence electrons. The highest BCUT2D eigenvalue weighted by atomic mass is 35.5. The summed E-state index contributed by atoms with van der Waals surface area (Å²) in [4.78, 5) is 13.6. The Kier molecular flexibility index (Phi) is 7.13. The zero-order chi connectivity index (χ0) is 26.1. The molecule has 0 aliphatic carbocycles. The van der Waals surface area contributed by atoms with Crippen molar-refractivity contribution >= 4 is 45.5 Å². The molecule has 9 heteroatoms. The molecule has 2 aromatic heterocycles. The minimum Gasteiger partial charge on any atom is -0.494 e. The summed E-state index contributed by atoms with van der Waals surface area (Å²) in [6, 6.07) is 12.3. The molecule has 3 heterocycles. The molecule has 0 saturated carbocycles. The molecular weight excluding hydrogens is 486 g/mol. The number of nitrogens with one attached hydrogen (secondary N) is 1. The summed E-state index contributed by atoms with van der Waals surface area (Å²) in [6.07, 6.45) is 4.99. The van der Waals surface area contributed by atoms with Gasteiger partial charge in [-0.1, -0.05) is 29.8 Å². The molecule has 3 N–H and O–H groups in total. The lowest BCUT2D eigenvalue weighted by Crippen LogP contribution is -2.29. The van der Waals surface area contributed by atoms with Crippen molar-refractivity contribution in [3.05, 3.63) is 53.3 Å². The van der Waals surface area contributed by atoms with E-state index in [0.29, 0.717) is 28.1 Å². The standard InChI is InChI=1S/C28H34ClN7O/c1-34(2)13-14-35(3)24-16-25(37-4)21(15-20(24)30)32-28-31-17-19(29)27(33-28)26-18-9-5-6-10-22(18)36-12-8-7-11-23(26)36/h5-6,9-10,15-17H,7-8,11-14,30H2,1-4H3,(H,31,32,33). The Morgan fingerprint density at radius 3 is 2.73 bits per heavy atom. The van der Waals surface area contributed by atoms with Crippen LogP contribution in [0.5, 0.6) is 5.75 Å². The lowest BCUT2D eigenvalue weighted by molar-refractivity contribution is 0.413. The molecule has 1 aliphatic heterocycles. The van der Waals surface area contributed by atoms with E-state index in [-0.39, 0.29) is 0 Å². The Morgan fingerprint density at radius 2 is 1.95 bits per heavy atom. The number of nitrogens with two attached hydrogens (primary N) is 1. The van der Waals surface area contributed by atoms with E-state index in [4.69, 9.17) is 27.1 Å². The molecule has 2 aromatic carbocycles. The van der Waals surface area contributed by atoms with Crippen LogP contribution in [0.1, 0.15) is 18.5 Å². The van der Waals surface area contributed by atoms with Crippen LogP contribution in [0.4, 0.5) is 23.0 Å². The molecule has 0 saturated heterocycles. The predicted octanol–water partition coefficient (Wildman–Crippen LogP) is 5.42. The summed E-state index contributed by atoms with van der Waals surface area (Å²) in [5, 5.41) is 5.01. The van der Waals surface area contributed by atoms with Crippen molar-refractivity contribution in [2.75, 3.05) is 57.3 Å². The zero-order valence-electron chi connectivity index (χ0n) is 21.9. The molecule has 0 radical (unpaired) electrons. The third kappa shape index (κ3) is 4.91. The van der Waals surface area contributed by atoms with E-state index in [1.165, 1.54) is 17.6 Å². The summed E-state index contributed by atoms with van der Waals surface area (Å²) in [7, 11) is 7.78. The lowest BCUT2D eigenvalue weighted by atomic mass is 10.0. The van der Waals surface area contributed by atoms with E-state index < -0.39 is 0 Å².